The fourth-order valence-electron chi connectivity index (χ4n) is 3.62. The molecular weight excluding hydrogens is 421 g/mol. The third kappa shape index (κ3) is 4.45. The van der Waals surface area contributed by atoms with Crippen LogP contribution in [0.15, 0.2) is 48.8 Å². The summed E-state index contributed by atoms with van der Waals surface area (Å²) in [5, 5.41) is 12.8. The lowest BCUT2D eigenvalue weighted by Gasteiger charge is -2.33. The van der Waals surface area contributed by atoms with Crippen LogP contribution in [0.3, 0.4) is 0 Å². The minimum atomic E-state index is -0.619. The van der Waals surface area contributed by atoms with Crippen molar-refractivity contribution in [2.24, 2.45) is 0 Å². The molecule has 0 radical (unpaired) electrons. The molecule has 4 N–H and O–H groups in total. The zero-order chi connectivity index (χ0) is 22.0. The minimum absolute atomic E-state index is 0.0363. The average Bonchev–Trinajstić information content (AvgIpc) is 2.76. The van der Waals surface area contributed by atoms with Crippen molar-refractivity contribution in [1.29, 1.82) is 0 Å². The molecule has 2 aromatic heterocycles. The Morgan fingerprint density at radius 1 is 1.29 bits per heavy atom. The smallest absolute Gasteiger partial charge is 0.276 e. The Morgan fingerprint density at radius 2 is 2.13 bits per heavy atom. The summed E-state index contributed by atoms with van der Waals surface area (Å²) >= 11 is 5.87. The zero-order valence-electron chi connectivity index (χ0n) is 16.6. The van der Waals surface area contributed by atoms with E-state index in [-0.39, 0.29) is 27.7 Å². The van der Waals surface area contributed by atoms with Gasteiger partial charge in [0.15, 0.2) is 11.5 Å². The first kappa shape index (κ1) is 21.0. The molecule has 1 saturated heterocycles. The summed E-state index contributed by atoms with van der Waals surface area (Å²) < 4.78 is 14.4. The summed E-state index contributed by atoms with van der Waals surface area (Å²) in [6.45, 7) is 1.23. The number of β-amino-alcohol motifs (C(OH)–C–C–N with tert-alkyl or cyclic N) is 1. The average molecular weight is 442 g/mol. The number of rotatable bonds is 4. The molecule has 0 spiro atoms. The van der Waals surface area contributed by atoms with Crippen LogP contribution in [0.1, 0.15) is 23.3 Å². The van der Waals surface area contributed by atoms with Crippen molar-refractivity contribution in [3.63, 3.8) is 0 Å². The van der Waals surface area contributed by atoms with E-state index in [2.05, 4.69) is 15.3 Å². The number of carbonyl (C=O) groups is 1. The van der Waals surface area contributed by atoms with Gasteiger partial charge in [-0.1, -0.05) is 17.7 Å². The number of piperidine rings is 1. The molecule has 160 valence electrons. The number of halogens is 2. The predicted molar refractivity (Wildman–Crippen MR) is 119 cm³/mol. The van der Waals surface area contributed by atoms with Crippen molar-refractivity contribution in [3.8, 4) is 11.3 Å². The quantitative estimate of drug-likeness (QED) is 0.569. The number of benzene rings is 1. The fraction of sp³-hybridized carbons (Fsp3) is 0.227. The Labute approximate surface area is 183 Å². The first-order valence-electron chi connectivity index (χ1n) is 9.83. The van der Waals surface area contributed by atoms with Crippen LogP contribution < -0.4 is 16.0 Å². The van der Waals surface area contributed by atoms with E-state index in [4.69, 9.17) is 17.3 Å². The molecule has 1 aliphatic rings. The van der Waals surface area contributed by atoms with E-state index in [0.29, 0.717) is 12.2 Å². The number of anilines is 3. The number of hydrogen-bond acceptors (Lipinski definition) is 6. The van der Waals surface area contributed by atoms with Gasteiger partial charge >= 0.3 is 0 Å². The molecule has 1 amide bonds. The molecule has 1 aliphatic heterocycles. The molecule has 9 heteroatoms. The molecule has 7 nitrogen and oxygen atoms in total. The molecular formula is C22H21ClFN5O2. The van der Waals surface area contributed by atoms with E-state index >= 15 is 0 Å². The highest BCUT2D eigenvalue weighted by atomic mass is 35.5. The Bertz CT molecular complexity index is 1130. The Balaban J connectivity index is 1.64. The van der Waals surface area contributed by atoms with Crippen molar-refractivity contribution in [1.82, 2.24) is 9.97 Å². The number of hydrogen-bond donors (Lipinski definition) is 3. The van der Waals surface area contributed by atoms with Crippen LogP contribution in [0.5, 0.6) is 0 Å². The van der Waals surface area contributed by atoms with E-state index in [0.717, 1.165) is 25.1 Å². The van der Waals surface area contributed by atoms with Gasteiger partial charge < -0.3 is 21.1 Å². The molecule has 0 bridgehead atoms. The number of nitrogens with zero attached hydrogens (tertiary/aromatic N) is 3. The Hall–Kier alpha value is -3.23. The number of aliphatic hydroxyl groups excluding tert-OH is 1. The largest absolute Gasteiger partial charge is 0.397 e. The van der Waals surface area contributed by atoms with Crippen LogP contribution in [-0.2, 0) is 0 Å². The first-order valence-corrected chi connectivity index (χ1v) is 10.2. The Kier molecular flexibility index (Phi) is 6.01. The number of carbonyl (C=O) groups excluding carboxylic acids is 1. The van der Waals surface area contributed by atoms with Crippen LogP contribution in [0.2, 0.25) is 5.02 Å². The van der Waals surface area contributed by atoms with Gasteiger partial charge in [0, 0.05) is 24.8 Å². The molecule has 1 fully saturated rings. The van der Waals surface area contributed by atoms with Crippen molar-refractivity contribution in [2.75, 3.05) is 29.0 Å². The van der Waals surface area contributed by atoms with Gasteiger partial charge in [0.25, 0.3) is 5.91 Å². The molecule has 4 rings (SSSR count). The summed E-state index contributed by atoms with van der Waals surface area (Å²) in [6.07, 6.45) is 4.33. The van der Waals surface area contributed by atoms with Gasteiger partial charge in [-0.2, -0.15) is 0 Å². The number of aliphatic hydroxyl groups is 1. The lowest BCUT2D eigenvalue weighted by Crippen LogP contribution is -2.38. The maximum atomic E-state index is 14.4. The van der Waals surface area contributed by atoms with Gasteiger partial charge in [0.2, 0.25) is 0 Å². The lowest BCUT2D eigenvalue weighted by molar-refractivity contribution is 0.102. The number of amides is 1. The minimum Gasteiger partial charge on any atom is -0.397 e. The van der Waals surface area contributed by atoms with Crippen molar-refractivity contribution in [3.05, 3.63) is 65.3 Å². The summed E-state index contributed by atoms with van der Waals surface area (Å²) in [6, 6.07) is 9.39. The second kappa shape index (κ2) is 8.87. The van der Waals surface area contributed by atoms with E-state index in [1.807, 2.05) is 4.90 Å². The number of aromatic nitrogens is 2. The van der Waals surface area contributed by atoms with Gasteiger partial charge in [0.05, 0.1) is 40.1 Å². The van der Waals surface area contributed by atoms with Crippen LogP contribution in [0, 0.1) is 5.82 Å². The zero-order valence-corrected chi connectivity index (χ0v) is 17.3. The molecule has 1 unspecified atom stereocenters. The van der Waals surface area contributed by atoms with E-state index in [1.165, 1.54) is 30.5 Å². The van der Waals surface area contributed by atoms with Crippen molar-refractivity contribution < 1.29 is 14.3 Å². The fourth-order valence-corrected chi connectivity index (χ4v) is 3.79. The number of pyridine rings is 2. The topological polar surface area (TPSA) is 104 Å². The van der Waals surface area contributed by atoms with E-state index in [9.17, 15) is 14.3 Å². The third-order valence-corrected chi connectivity index (χ3v) is 5.44. The summed E-state index contributed by atoms with van der Waals surface area (Å²) in [4.78, 5) is 23.4. The highest BCUT2D eigenvalue weighted by Gasteiger charge is 2.22. The highest BCUT2D eigenvalue weighted by molar-refractivity contribution is 6.31. The number of nitrogens with one attached hydrogen (secondary N) is 1. The van der Waals surface area contributed by atoms with Gasteiger partial charge in [-0.25, -0.2) is 9.37 Å². The maximum absolute atomic E-state index is 14.4. The molecule has 3 heterocycles. The van der Waals surface area contributed by atoms with Crippen molar-refractivity contribution in [2.45, 2.75) is 18.9 Å². The summed E-state index contributed by atoms with van der Waals surface area (Å²) in [5.41, 5.74) is 7.74. The number of nitrogens with two attached hydrogens (primary N) is 1. The van der Waals surface area contributed by atoms with E-state index in [1.54, 1.807) is 18.3 Å². The molecule has 1 atom stereocenters. The highest BCUT2D eigenvalue weighted by Crippen LogP contribution is 2.30. The van der Waals surface area contributed by atoms with Gasteiger partial charge in [-0.15, -0.1) is 0 Å². The molecule has 3 aromatic rings. The predicted octanol–water partition coefficient (Wildman–Crippen LogP) is 3.73. The molecule has 31 heavy (non-hydrogen) atoms. The van der Waals surface area contributed by atoms with Crippen LogP contribution in [-0.4, -0.2) is 40.2 Å². The molecule has 0 saturated carbocycles. The first-order chi connectivity index (χ1) is 14.9. The van der Waals surface area contributed by atoms with E-state index < -0.39 is 17.8 Å². The monoisotopic (exact) mass is 441 g/mol. The molecule has 0 aliphatic carbocycles. The summed E-state index contributed by atoms with van der Waals surface area (Å²) in [7, 11) is 0. The summed E-state index contributed by atoms with van der Waals surface area (Å²) in [5.74, 6) is -1.17. The standard InChI is InChI=1S/C22H21ClFN5O2/c23-15-5-1-4-14(20(15)24)17-7-6-16(25)21(27-17)22(31)28-18-11-26-9-8-19(18)29-10-2-3-13(30)12-29/h1,4-9,11,13,30H,2-3,10,12,25H2,(H,28,31). The Morgan fingerprint density at radius 3 is 2.94 bits per heavy atom. The second-order valence-corrected chi connectivity index (χ2v) is 7.73. The molecule has 1 aromatic carbocycles. The maximum Gasteiger partial charge on any atom is 0.276 e. The second-order valence-electron chi connectivity index (χ2n) is 7.32. The van der Waals surface area contributed by atoms with Crippen LogP contribution in [0.4, 0.5) is 21.5 Å². The van der Waals surface area contributed by atoms with Crippen molar-refractivity contribution >= 4 is 34.6 Å². The lowest BCUT2D eigenvalue weighted by atomic mass is 10.1. The number of nitrogen functional groups attached to an aromatic ring is 1. The SMILES string of the molecule is Nc1ccc(-c2cccc(Cl)c2F)nc1C(=O)Nc1cnccc1N1CCCC(O)C1. The normalized spacial score (nSPS) is 16.2. The van der Waals surface area contributed by atoms with Gasteiger partial charge in [-0.05, 0) is 43.2 Å². The van der Waals surface area contributed by atoms with Crippen LogP contribution >= 0.6 is 11.6 Å². The van der Waals surface area contributed by atoms with Gasteiger partial charge in [0.1, 0.15) is 0 Å². The third-order valence-electron chi connectivity index (χ3n) is 5.15. The van der Waals surface area contributed by atoms with Gasteiger partial charge in [-0.3, -0.25) is 9.78 Å². The van der Waals surface area contributed by atoms with Crippen LogP contribution in [0.25, 0.3) is 11.3 Å².